The fourth-order valence-corrected chi connectivity index (χ4v) is 4.30. The summed E-state index contributed by atoms with van der Waals surface area (Å²) in [6, 6.07) is 11.9. The van der Waals surface area contributed by atoms with Gasteiger partial charge in [0, 0.05) is 10.8 Å². The van der Waals surface area contributed by atoms with Gasteiger partial charge >= 0.3 is 0 Å². The van der Waals surface area contributed by atoms with Crippen molar-refractivity contribution in [2.24, 2.45) is 5.92 Å². The zero-order valence-corrected chi connectivity index (χ0v) is 18.1. The Morgan fingerprint density at radius 1 is 1.21 bits per heavy atom. The van der Waals surface area contributed by atoms with Gasteiger partial charge in [0.25, 0.3) is 0 Å². The quantitative estimate of drug-likeness (QED) is 0.648. The molecule has 1 aliphatic heterocycles. The Hall–Kier alpha value is -2.23. The van der Waals surface area contributed by atoms with E-state index in [4.69, 9.17) is 9.47 Å². The SMILES string of the molecule is CSc1ccc(S(=O)(=O)NC[C@H]2COc3ccccc3O2)cc1NC(=O)C(C)C. The summed E-state index contributed by atoms with van der Waals surface area (Å²) in [6.45, 7) is 3.87. The highest BCUT2D eigenvalue weighted by molar-refractivity contribution is 7.98. The van der Waals surface area contributed by atoms with E-state index in [0.29, 0.717) is 17.2 Å². The summed E-state index contributed by atoms with van der Waals surface area (Å²) in [4.78, 5) is 12.9. The number of carbonyl (C=O) groups is 1. The second kappa shape index (κ2) is 9.06. The molecule has 0 saturated carbocycles. The fourth-order valence-electron chi connectivity index (χ4n) is 2.68. The minimum Gasteiger partial charge on any atom is -0.486 e. The number of ether oxygens (including phenoxy) is 2. The Labute approximate surface area is 175 Å². The normalized spacial score (nSPS) is 15.9. The van der Waals surface area contributed by atoms with Crippen molar-refractivity contribution in [3.05, 3.63) is 42.5 Å². The maximum atomic E-state index is 12.8. The molecule has 3 rings (SSSR count). The average molecular weight is 437 g/mol. The van der Waals surface area contributed by atoms with Gasteiger partial charge < -0.3 is 14.8 Å². The van der Waals surface area contributed by atoms with Crippen LogP contribution < -0.4 is 19.5 Å². The predicted octanol–water partition coefficient (Wildman–Crippen LogP) is 3.12. The zero-order chi connectivity index (χ0) is 21.0. The van der Waals surface area contributed by atoms with Gasteiger partial charge in [0.2, 0.25) is 15.9 Å². The molecule has 0 unspecified atom stereocenters. The summed E-state index contributed by atoms with van der Waals surface area (Å²) in [5.74, 6) is 0.847. The van der Waals surface area contributed by atoms with Gasteiger partial charge in [-0.05, 0) is 36.6 Å². The monoisotopic (exact) mass is 436 g/mol. The summed E-state index contributed by atoms with van der Waals surface area (Å²) < 4.78 is 39.5. The number of fused-ring (bicyclic) bond motifs is 1. The van der Waals surface area contributed by atoms with E-state index in [1.54, 1.807) is 32.0 Å². The van der Waals surface area contributed by atoms with Gasteiger partial charge in [0.15, 0.2) is 11.5 Å². The molecule has 7 nitrogen and oxygen atoms in total. The lowest BCUT2D eigenvalue weighted by molar-refractivity contribution is -0.118. The number of sulfonamides is 1. The topological polar surface area (TPSA) is 93.7 Å². The molecule has 0 aliphatic carbocycles. The van der Waals surface area contributed by atoms with Gasteiger partial charge in [-0.2, -0.15) is 0 Å². The van der Waals surface area contributed by atoms with Crippen molar-refractivity contribution < 1.29 is 22.7 Å². The van der Waals surface area contributed by atoms with Crippen molar-refractivity contribution in [2.45, 2.75) is 29.7 Å². The molecule has 1 amide bonds. The molecule has 0 saturated heterocycles. The van der Waals surface area contributed by atoms with Crippen molar-refractivity contribution in [2.75, 3.05) is 24.7 Å². The smallest absolute Gasteiger partial charge is 0.240 e. The van der Waals surface area contributed by atoms with E-state index < -0.39 is 16.1 Å². The van der Waals surface area contributed by atoms with Gasteiger partial charge in [-0.3, -0.25) is 4.79 Å². The number of para-hydroxylation sites is 2. The van der Waals surface area contributed by atoms with Crippen LogP contribution in [0.3, 0.4) is 0 Å². The van der Waals surface area contributed by atoms with Crippen LogP contribution in [0.2, 0.25) is 0 Å². The van der Waals surface area contributed by atoms with Gasteiger partial charge in [0.05, 0.1) is 17.1 Å². The van der Waals surface area contributed by atoms with E-state index in [1.165, 1.54) is 23.9 Å². The number of nitrogens with one attached hydrogen (secondary N) is 2. The van der Waals surface area contributed by atoms with Gasteiger partial charge in [0.1, 0.15) is 12.7 Å². The minimum absolute atomic E-state index is 0.0641. The number of amides is 1. The van der Waals surface area contributed by atoms with Crippen LogP contribution >= 0.6 is 11.8 Å². The Kier molecular flexibility index (Phi) is 6.71. The third-order valence-corrected chi connectivity index (χ3v) is 6.55. The third kappa shape index (κ3) is 5.23. The number of hydrogen-bond donors (Lipinski definition) is 2. The van der Waals surface area contributed by atoms with Crippen LogP contribution in [-0.2, 0) is 14.8 Å². The van der Waals surface area contributed by atoms with Gasteiger partial charge in [-0.15, -0.1) is 11.8 Å². The lowest BCUT2D eigenvalue weighted by Crippen LogP contribution is -2.40. The molecule has 0 spiro atoms. The highest BCUT2D eigenvalue weighted by atomic mass is 32.2. The molecule has 2 aromatic rings. The molecule has 156 valence electrons. The molecule has 0 radical (unpaired) electrons. The van der Waals surface area contributed by atoms with Crippen LogP contribution in [-0.4, -0.2) is 39.8 Å². The maximum Gasteiger partial charge on any atom is 0.240 e. The fraction of sp³-hybridized carbons (Fsp3) is 0.350. The number of thioether (sulfide) groups is 1. The Morgan fingerprint density at radius 3 is 2.62 bits per heavy atom. The first kappa shape index (κ1) is 21.5. The molecule has 0 aromatic heterocycles. The molecule has 9 heteroatoms. The molecule has 1 aliphatic rings. The molecular weight excluding hydrogens is 412 g/mol. The van der Waals surface area contributed by atoms with Crippen LogP contribution in [0, 0.1) is 5.92 Å². The van der Waals surface area contributed by atoms with E-state index in [0.717, 1.165) is 4.90 Å². The minimum atomic E-state index is -3.79. The number of anilines is 1. The second-order valence-electron chi connectivity index (χ2n) is 6.86. The van der Waals surface area contributed by atoms with E-state index in [2.05, 4.69) is 10.0 Å². The van der Waals surface area contributed by atoms with Crippen LogP contribution in [0.5, 0.6) is 11.5 Å². The first-order valence-corrected chi connectivity index (χ1v) is 11.9. The van der Waals surface area contributed by atoms with Crippen LogP contribution in [0.15, 0.2) is 52.3 Å². The van der Waals surface area contributed by atoms with Crippen molar-refractivity contribution in [1.82, 2.24) is 4.72 Å². The zero-order valence-electron chi connectivity index (χ0n) is 16.5. The summed E-state index contributed by atoms with van der Waals surface area (Å²) >= 11 is 1.43. The van der Waals surface area contributed by atoms with Gasteiger partial charge in [-0.1, -0.05) is 26.0 Å². The first-order valence-electron chi connectivity index (χ1n) is 9.17. The summed E-state index contributed by atoms with van der Waals surface area (Å²) in [5.41, 5.74) is 0.477. The van der Waals surface area contributed by atoms with Gasteiger partial charge in [-0.25, -0.2) is 13.1 Å². The molecule has 0 fully saturated rings. The van der Waals surface area contributed by atoms with Crippen LogP contribution in [0.25, 0.3) is 0 Å². The largest absolute Gasteiger partial charge is 0.486 e. The number of benzene rings is 2. The lowest BCUT2D eigenvalue weighted by Gasteiger charge is -2.26. The van der Waals surface area contributed by atoms with E-state index in [1.807, 2.05) is 18.4 Å². The van der Waals surface area contributed by atoms with Crippen LogP contribution in [0.1, 0.15) is 13.8 Å². The molecule has 2 N–H and O–H groups in total. The molecule has 0 bridgehead atoms. The third-order valence-electron chi connectivity index (χ3n) is 4.33. The molecule has 1 heterocycles. The molecule has 29 heavy (non-hydrogen) atoms. The van der Waals surface area contributed by atoms with E-state index >= 15 is 0 Å². The molecule has 1 atom stereocenters. The molecular formula is C20H24N2O5S2. The van der Waals surface area contributed by atoms with Crippen molar-refractivity contribution in [1.29, 1.82) is 0 Å². The average Bonchev–Trinajstić information content (AvgIpc) is 2.72. The van der Waals surface area contributed by atoms with Crippen LogP contribution in [0.4, 0.5) is 5.69 Å². The highest BCUT2D eigenvalue weighted by Gasteiger charge is 2.24. The number of carbonyl (C=O) groups excluding carboxylic acids is 1. The van der Waals surface area contributed by atoms with Crippen molar-refractivity contribution in [3.8, 4) is 11.5 Å². The van der Waals surface area contributed by atoms with Crippen molar-refractivity contribution in [3.63, 3.8) is 0 Å². The Balaban J connectivity index is 1.71. The number of rotatable bonds is 7. The predicted molar refractivity (Wildman–Crippen MR) is 113 cm³/mol. The number of hydrogen-bond acceptors (Lipinski definition) is 6. The highest BCUT2D eigenvalue weighted by Crippen LogP contribution is 2.31. The van der Waals surface area contributed by atoms with E-state index in [-0.39, 0.29) is 29.9 Å². The first-order chi connectivity index (χ1) is 13.8. The standard InChI is InChI=1S/C20H24N2O5S2/c1-13(2)20(23)22-16-10-15(8-9-19(16)28-3)29(24,25)21-11-14-12-26-17-6-4-5-7-18(17)27-14/h4-10,13-14,21H,11-12H2,1-3H3,(H,22,23)/t14-/m0/s1. The van der Waals surface area contributed by atoms with Crippen molar-refractivity contribution >= 4 is 33.4 Å². The Morgan fingerprint density at radius 2 is 1.93 bits per heavy atom. The summed E-state index contributed by atoms with van der Waals surface area (Å²) in [6.07, 6.45) is 1.43. The maximum absolute atomic E-state index is 12.8. The Bertz CT molecular complexity index is 992. The lowest BCUT2D eigenvalue weighted by atomic mass is 10.2. The molecule has 2 aromatic carbocycles. The second-order valence-corrected chi connectivity index (χ2v) is 9.47. The summed E-state index contributed by atoms with van der Waals surface area (Å²) in [5, 5.41) is 2.79. The van der Waals surface area contributed by atoms with E-state index in [9.17, 15) is 13.2 Å². The summed E-state index contributed by atoms with van der Waals surface area (Å²) in [7, 11) is -3.79.